The molecule has 1 heterocycles. The normalized spacial score (nSPS) is 24.2. The second-order valence-electron chi connectivity index (χ2n) is 3.87. The summed E-state index contributed by atoms with van der Waals surface area (Å²) in [6.07, 6.45) is 0. The zero-order chi connectivity index (χ0) is 10.8. The Morgan fingerprint density at radius 2 is 2.06 bits per heavy atom. The third kappa shape index (κ3) is 2.51. The smallest absolute Gasteiger partial charge is 0.126 e. The van der Waals surface area contributed by atoms with Gasteiger partial charge in [-0.15, -0.1) is 12.4 Å². The highest BCUT2D eigenvalue weighted by Gasteiger charge is 2.29. The monoisotopic (exact) mass is 249 g/mol. The van der Waals surface area contributed by atoms with Crippen molar-refractivity contribution in [3.05, 3.63) is 35.4 Å². The highest BCUT2D eigenvalue weighted by Crippen LogP contribution is 2.29. The quantitative estimate of drug-likeness (QED) is 0.836. The number of aliphatic hydroxyl groups excluding tert-OH is 1. The molecule has 1 fully saturated rings. The van der Waals surface area contributed by atoms with Gasteiger partial charge in [0.15, 0.2) is 0 Å². The molecule has 5 heteroatoms. The van der Waals surface area contributed by atoms with Crippen LogP contribution in [-0.4, -0.2) is 24.8 Å². The van der Waals surface area contributed by atoms with Crippen molar-refractivity contribution in [3.63, 3.8) is 0 Å². The highest BCUT2D eigenvalue weighted by molar-refractivity contribution is 5.85. The topological polar surface area (TPSA) is 32.3 Å². The van der Waals surface area contributed by atoms with Gasteiger partial charge in [0.1, 0.15) is 11.6 Å². The Hall–Kier alpha value is -0.710. The second kappa shape index (κ2) is 5.57. The van der Waals surface area contributed by atoms with E-state index in [-0.39, 0.29) is 30.8 Å². The maximum absolute atomic E-state index is 13.5. The molecular weight excluding hydrogens is 236 g/mol. The number of nitrogens with one attached hydrogen (secondary N) is 1. The summed E-state index contributed by atoms with van der Waals surface area (Å²) in [6, 6.07) is 3.46. The first kappa shape index (κ1) is 13.4. The summed E-state index contributed by atoms with van der Waals surface area (Å²) in [5.41, 5.74) is 0.360. The third-order valence-corrected chi connectivity index (χ3v) is 2.93. The molecule has 2 nitrogen and oxygen atoms in total. The average molecular weight is 250 g/mol. The lowest BCUT2D eigenvalue weighted by atomic mass is 9.89. The van der Waals surface area contributed by atoms with Gasteiger partial charge in [0, 0.05) is 31.5 Å². The molecular formula is C11H14ClF2NO. The Morgan fingerprint density at radius 1 is 1.31 bits per heavy atom. The van der Waals surface area contributed by atoms with Crippen LogP contribution >= 0.6 is 12.4 Å². The lowest BCUT2D eigenvalue weighted by Gasteiger charge is -2.17. The Kier molecular flexibility index (Phi) is 4.65. The number of rotatable bonds is 2. The molecule has 90 valence electrons. The van der Waals surface area contributed by atoms with E-state index in [1.165, 1.54) is 6.07 Å². The minimum Gasteiger partial charge on any atom is -0.396 e. The van der Waals surface area contributed by atoms with Crippen LogP contribution in [0.1, 0.15) is 11.5 Å². The van der Waals surface area contributed by atoms with Crippen LogP contribution in [0.2, 0.25) is 0 Å². The number of hydrogen-bond acceptors (Lipinski definition) is 2. The van der Waals surface area contributed by atoms with Gasteiger partial charge in [0.25, 0.3) is 0 Å². The molecule has 1 aliphatic rings. The van der Waals surface area contributed by atoms with Gasteiger partial charge in [-0.05, 0) is 23.8 Å². The van der Waals surface area contributed by atoms with Crippen LogP contribution < -0.4 is 5.32 Å². The summed E-state index contributed by atoms with van der Waals surface area (Å²) >= 11 is 0. The van der Waals surface area contributed by atoms with E-state index in [1.54, 1.807) is 0 Å². The maximum atomic E-state index is 13.5. The molecule has 2 N–H and O–H groups in total. The van der Waals surface area contributed by atoms with Gasteiger partial charge in [0.2, 0.25) is 0 Å². The van der Waals surface area contributed by atoms with Gasteiger partial charge in [-0.1, -0.05) is 0 Å². The van der Waals surface area contributed by atoms with Crippen LogP contribution in [0, 0.1) is 17.6 Å². The predicted molar refractivity (Wildman–Crippen MR) is 59.8 cm³/mol. The molecule has 0 spiro atoms. The van der Waals surface area contributed by atoms with Gasteiger partial charge in [-0.3, -0.25) is 0 Å². The van der Waals surface area contributed by atoms with Crippen molar-refractivity contribution in [2.75, 3.05) is 19.7 Å². The minimum atomic E-state index is -0.435. The number of hydrogen-bond donors (Lipinski definition) is 2. The van der Waals surface area contributed by atoms with Gasteiger partial charge in [0.05, 0.1) is 0 Å². The molecule has 1 aromatic rings. The molecule has 0 aliphatic carbocycles. The first-order valence-corrected chi connectivity index (χ1v) is 4.99. The van der Waals surface area contributed by atoms with Crippen LogP contribution in [0.3, 0.4) is 0 Å². The van der Waals surface area contributed by atoms with Crippen LogP contribution in [0.15, 0.2) is 18.2 Å². The fraction of sp³-hybridized carbons (Fsp3) is 0.455. The molecule has 1 saturated heterocycles. The largest absolute Gasteiger partial charge is 0.396 e. The molecule has 2 rings (SSSR count). The standard InChI is InChI=1S/C11H13F2NO.ClH/c12-8-1-2-11(13)9(3-8)10-5-14-4-7(10)6-15;/h1-3,7,10,14-15H,4-6H2;1H. The van der Waals surface area contributed by atoms with Crippen LogP contribution in [0.5, 0.6) is 0 Å². The van der Waals surface area contributed by atoms with Crippen molar-refractivity contribution in [2.24, 2.45) is 5.92 Å². The Bertz CT molecular complexity index is 362. The van der Waals surface area contributed by atoms with E-state index in [1.807, 2.05) is 0 Å². The van der Waals surface area contributed by atoms with Crippen molar-refractivity contribution in [2.45, 2.75) is 5.92 Å². The van der Waals surface area contributed by atoms with Crippen molar-refractivity contribution in [1.82, 2.24) is 5.32 Å². The second-order valence-corrected chi connectivity index (χ2v) is 3.87. The lowest BCUT2D eigenvalue weighted by Crippen LogP contribution is -2.16. The van der Waals surface area contributed by atoms with Crippen molar-refractivity contribution < 1.29 is 13.9 Å². The molecule has 0 radical (unpaired) electrons. The summed E-state index contributed by atoms with van der Waals surface area (Å²) in [5.74, 6) is -0.995. The van der Waals surface area contributed by atoms with E-state index >= 15 is 0 Å². The fourth-order valence-electron chi connectivity index (χ4n) is 2.09. The summed E-state index contributed by atoms with van der Waals surface area (Å²) in [5, 5.41) is 12.2. The van der Waals surface area contributed by atoms with Crippen LogP contribution in [-0.2, 0) is 0 Å². The van der Waals surface area contributed by atoms with Crippen LogP contribution in [0.25, 0.3) is 0 Å². The molecule has 0 aromatic heterocycles. The van der Waals surface area contributed by atoms with Crippen molar-refractivity contribution in [3.8, 4) is 0 Å². The van der Waals surface area contributed by atoms with Gasteiger partial charge < -0.3 is 10.4 Å². The SMILES string of the molecule is Cl.OCC1CNCC1c1cc(F)ccc1F. The van der Waals surface area contributed by atoms with E-state index in [4.69, 9.17) is 5.11 Å². The summed E-state index contributed by atoms with van der Waals surface area (Å²) in [6.45, 7) is 1.23. The Labute approximate surface area is 99.1 Å². The first-order chi connectivity index (χ1) is 7.22. The van der Waals surface area contributed by atoms with Gasteiger partial charge in [-0.2, -0.15) is 0 Å². The molecule has 2 atom stereocenters. The van der Waals surface area contributed by atoms with Crippen LogP contribution in [0.4, 0.5) is 8.78 Å². The van der Waals surface area contributed by atoms with E-state index in [2.05, 4.69) is 5.32 Å². The molecule has 0 bridgehead atoms. The predicted octanol–water partition coefficient (Wildman–Crippen LogP) is 1.68. The van der Waals surface area contributed by atoms with Crippen molar-refractivity contribution >= 4 is 12.4 Å². The minimum absolute atomic E-state index is 0. The molecule has 2 unspecified atom stereocenters. The molecule has 0 saturated carbocycles. The summed E-state index contributed by atoms with van der Waals surface area (Å²) < 4.78 is 26.4. The number of benzene rings is 1. The molecule has 1 aromatic carbocycles. The van der Waals surface area contributed by atoms with Gasteiger partial charge >= 0.3 is 0 Å². The lowest BCUT2D eigenvalue weighted by molar-refractivity contribution is 0.225. The average Bonchev–Trinajstić information content (AvgIpc) is 2.69. The van der Waals surface area contributed by atoms with Crippen molar-refractivity contribution in [1.29, 1.82) is 0 Å². The summed E-state index contributed by atoms with van der Waals surface area (Å²) in [4.78, 5) is 0. The Morgan fingerprint density at radius 3 is 2.75 bits per heavy atom. The molecule has 1 aliphatic heterocycles. The zero-order valence-electron chi connectivity index (χ0n) is 8.62. The molecule has 16 heavy (non-hydrogen) atoms. The summed E-state index contributed by atoms with van der Waals surface area (Å²) in [7, 11) is 0. The number of halogens is 3. The van der Waals surface area contributed by atoms with E-state index in [0.717, 1.165) is 12.1 Å². The first-order valence-electron chi connectivity index (χ1n) is 4.99. The maximum Gasteiger partial charge on any atom is 0.126 e. The fourth-order valence-corrected chi connectivity index (χ4v) is 2.09. The Balaban J connectivity index is 0.00000128. The highest BCUT2D eigenvalue weighted by atomic mass is 35.5. The third-order valence-electron chi connectivity index (χ3n) is 2.93. The van der Waals surface area contributed by atoms with E-state index in [9.17, 15) is 8.78 Å². The molecule has 0 amide bonds. The number of aliphatic hydroxyl groups is 1. The van der Waals surface area contributed by atoms with E-state index < -0.39 is 11.6 Å². The zero-order valence-corrected chi connectivity index (χ0v) is 9.44. The van der Waals surface area contributed by atoms with Gasteiger partial charge in [-0.25, -0.2) is 8.78 Å². The van der Waals surface area contributed by atoms with E-state index in [0.29, 0.717) is 18.7 Å².